The Morgan fingerprint density at radius 1 is 1.11 bits per heavy atom. The Morgan fingerprint density at radius 3 is 2.30 bits per heavy atom. The molecule has 0 spiro atoms. The van der Waals surface area contributed by atoms with Crippen molar-refractivity contribution in [2.75, 3.05) is 12.4 Å². The molecule has 0 heterocycles. The molecule has 0 bridgehead atoms. The summed E-state index contributed by atoms with van der Waals surface area (Å²) in [5.41, 5.74) is 2.29. The van der Waals surface area contributed by atoms with Gasteiger partial charge in [0, 0.05) is 32.3 Å². The number of likely N-dealkylation sites (N-methyl/N-ethyl adjacent to an activating group) is 1. The van der Waals surface area contributed by atoms with Gasteiger partial charge in [0.2, 0.25) is 11.8 Å². The zero-order chi connectivity index (χ0) is 19.8. The van der Waals surface area contributed by atoms with Crippen LogP contribution < -0.4 is 10.1 Å². The lowest BCUT2D eigenvalue weighted by atomic mass is 10.2. The van der Waals surface area contributed by atoms with Crippen LogP contribution in [0, 0.1) is 0 Å². The first-order chi connectivity index (χ1) is 12.8. The molecule has 27 heavy (non-hydrogen) atoms. The number of nitrogens with zero attached hydrogens (tertiary/aromatic N) is 1. The van der Waals surface area contributed by atoms with Gasteiger partial charge in [-0.2, -0.15) is 8.78 Å². The summed E-state index contributed by atoms with van der Waals surface area (Å²) in [6.45, 7) is -1.10. The molecule has 0 fully saturated rings. The molecule has 0 aliphatic carbocycles. The summed E-state index contributed by atoms with van der Waals surface area (Å²) in [6.07, 6.45) is 3.12. The van der Waals surface area contributed by atoms with Crippen molar-refractivity contribution >= 4 is 23.6 Å². The number of hydrogen-bond donors (Lipinski definition) is 1. The monoisotopic (exact) mass is 374 g/mol. The third-order valence-corrected chi connectivity index (χ3v) is 3.59. The summed E-state index contributed by atoms with van der Waals surface area (Å²) in [4.78, 5) is 24.7. The van der Waals surface area contributed by atoms with Crippen LogP contribution in [-0.4, -0.2) is 30.4 Å². The Kier molecular flexibility index (Phi) is 7.05. The van der Waals surface area contributed by atoms with E-state index in [0.29, 0.717) is 12.2 Å². The third kappa shape index (κ3) is 6.89. The number of amides is 2. The van der Waals surface area contributed by atoms with Crippen LogP contribution in [0.2, 0.25) is 0 Å². The average molecular weight is 374 g/mol. The zero-order valence-corrected chi connectivity index (χ0v) is 15.0. The van der Waals surface area contributed by atoms with E-state index in [0.717, 1.165) is 11.1 Å². The standard InChI is InChI=1S/C20H20F2N2O3/c1-14(25)23-17-8-3-15(4-9-17)7-12-19(26)24(2)13-16-5-10-18(11-6-16)27-20(21)22/h3-12,20H,13H2,1-2H3,(H,23,25)/b12-7+. The summed E-state index contributed by atoms with van der Waals surface area (Å²) >= 11 is 0. The Hall–Kier alpha value is -3.22. The number of halogens is 2. The number of nitrogens with one attached hydrogen (secondary N) is 1. The van der Waals surface area contributed by atoms with E-state index < -0.39 is 6.61 Å². The summed E-state index contributed by atoms with van der Waals surface area (Å²) in [5, 5.41) is 2.67. The smallest absolute Gasteiger partial charge is 0.387 e. The lowest BCUT2D eigenvalue weighted by Crippen LogP contribution is -2.24. The van der Waals surface area contributed by atoms with Gasteiger partial charge in [0.15, 0.2) is 0 Å². The summed E-state index contributed by atoms with van der Waals surface area (Å²) in [7, 11) is 1.65. The largest absolute Gasteiger partial charge is 0.435 e. The highest BCUT2D eigenvalue weighted by Crippen LogP contribution is 2.16. The number of carbonyl (C=O) groups is 2. The van der Waals surface area contributed by atoms with Crippen LogP contribution in [0.25, 0.3) is 6.08 Å². The van der Waals surface area contributed by atoms with Gasteiger partial charge in [-0.15, -0.1) is 0 Å². The Morgan fingerprint density at radius 2 is 1.74 bits per heavy atom. The van der Waals surface area contributed by atoms with E-state index in [2.05, 4.69) is 10.1 Å². The van der Waals surface area contributed by atoms with Crippen LogP contribution in [0.15, 0.2) is 54.6 Å². The predicted molar refractivity (Wildman–Crippen MR) is 99.3 cm³/mol. The second-order valence-corrected chi connectivity index (χ2v) is 5.85. The fourth-order valence-electron chi connectivity index (χ4n) is 2.30. The van der Waals surface area contributed by atoms with Crippen molar-refractivity contribution in [2.24, 2.45) is 0 Å². The van der Waals surface area contributed by atoms with Gasteiger partial charge in [-0.3, -0.25) is 9.59 Å². The summed E-state index contributed by atoms with van der Waals surface area (Å²) in [5.74, 6) is -0.275. The molecule has 2 rings (SSSR count). The van der Waals surface area contributed by atoms with Gasteiger partial charge >= 0.3 is 6.61 Å². The molecule has 1 N–H and O–H groups in total. The highest BCUT2D eigenvalue weighted by Gasteiger charge is 2.07. The van der Waals surface area contributed by atoms with Crippen molar-refractivity contribution in [2.45, 2.75) is 20.1 Å². The van der Waals surface area contributed by atoms with Crippen LogP contribution >= 0.6 is 0 Å². The zero-order valence-electron chi connectivity index (χ0n) is 15.0. The highest BCUT2D eigenvalue weighted by atomic mass is 19.3. The normalized spacial score (nSPS) is 10.9. The Bertz CT molecular complexity index is 803. The van der Waals surface area contributed by atoms with Crippen molar-refractivity contribution in [3.8, 4) is 5.75 Å². The SMILES string of the molecule is CC(=O)Nc1ccc(/C=C/C(=O)N(C)Cc2ccc(OC(F)F)cc2)cc1. The molecule has 0 aliphatic rings. The van der Waals surface area contributed by atoms with Crippen molar-refractivity contribution in [1.82, 2.24) is 4.90 Å². The van der Waals surface area contributed by atoms with E-state index in [9.17, 15) is 18.4 Å². The molecule has 2 aromatic carbocycles. The minimum absolute atomic E-state index is 0.0744. The number of hydrogen-bond acceptors (Lipinski definition) is 3. The van der Waals surface area contributed by atoms with Gasteiger partial charge in [-0.1, -0.05) is 24.3 Å². The molecule has 2 aromatic rings. The van der Waals surface area contributed by atoms with Gasteiger partial charge in [0.1, 0.15) is 5.75 Å². The van der Waals surface area contributed by atoms with Crippen LogP contribution in [0.5, 0.6) is 5.75 Å². The van der Waals surface area contributed by atoms with Crippen molar-refractivity contribution in [1.29, 1.82) is 0 Å². The topological polar surface area (TPSA) is 58.6 Å². The number of rotatable bonds is 7. The van der Waals surface area contributed by atoms with E-state index in [1.54, 1.807) is 49.5 Å². The van der Waals surface area contributed by atoms with Gasteiger partial charge in [-0.05, 0) is 41.5 Å². The molecule has 0 aliphatic heterocycles. The van der Waals surface area contributed by atoms with E-state index in [1.807, 2.05) is 0 Å². The van der Waals surface area contributed by atoms with Crippen LogP contribution in [0.3, 0.4) is 0 Å². The first-order valence-corrected chi connectivity index (χ1v) is 8.18. The molecule has 2 amide bonds. The van der Waals surface area contributed by atoms with Gasteiger partial charge in [0.05, 0.1) is 0 Å². The second-order valence-electron chi connectivity index (χ2n) is 5.85. The molecular formula is C20H20F2N2O3. The number of alkyl halides is 2. The maximum absolute atomic E-state index is 12.2. The van der Waals surface area contributed by atoms with E-state index in [-0.39, 0.29) is 17.6 Å². The molecular weight excluding hydrogens is 354 g/mol. The van der Waals surface area contributed by atoms with Crippen LogP contribution in [-0.2, 0) is 16.1 Å². The molecule has 0 aromatic heterocycles. The van der Waals surface area contributed by atoms with E-state index in [4.69, 9.17) is 0 Å². The van der Waals surface area contributed by atoms with Gasteiger partial charge in [-0.25, -0.2) is 0 Å². The number of ether oxygens (including phenoxy) is 1. The van der Waals surface area contributed by atoms with Gasteiger partial charge < -0.3 is 15.0 Å². The average Bonchev–Trinajstić information content (AvgIpc) is 2.61. The molecule has 7 heteroatoms. The lowest BCUT2D eigenvalue weighted by Gasteiger charge is -2.15. The summed E-state index contributed by atoms with van der Waals surface area (Å²) in [6, 6.07) is 13.2. The fraction of sp³-hybridized carbons (Fsp3) is 0.200. The second kappa shape index (κ2) is 9.47. The molecule has 142 valence electrons. The molecule has 0 saturated heterocycles. The molecule has 0 atom stereocenters. The van der Waals surface area contributed by atoms with Crippen molar-refractivity contribution < 1.29 is 23.1 Å². The number of benzene rings is 2. The van der Waals surface area contributed by atoms with Crippen LogP contribution in [0.1, 0.15) is 18.1 Å². The highest BCUT2D eigenvalue weighted by molar-refractivity contribution is 5.92. The van der Waals surface area contributed by atoms with Crippen molar-refractivity contribution in [3.63, 3.8) is 0 Å². The van der Waals surface area contributed by atoms with E-state index >= 15 is 0 Å². The maximum Gasteiger partial charge on any atom is 0.387 e. The molecule has 0 unspecified atom stereocenters. The number of anilines is 1. The molecule has 0 radical (unpaired) electrons. The lowest BCUT2D eigenvalue weighted by molar-refractivity contribution is -0.125. The first kappa shape index (κ1) is 20.1. The first-order valence-electron chi connectivity index (χ1n) is 8.18. The third-order valence-electron chi connectivity index (χ3n) is 3.59. The van der Waals surface area contributed by atoms with Crippen molar-refractivity contribution in [3.05, 3.63) is 65.7 Å². The quantitative estimate of drug-likeness (QED) is 0.748. The Labute approximate surface area is 156 Å². The molecule has 5 nitrogen and oxygen atoms in total. The Balaban J connectivity index is 1.90. The molecule has 0 saturated carbocycles. The maximum atomic E-state index is 12.2. The minimum atomic E-state index is -2.86. The van der Waals surface area contributed by atoms with Gasteiger partial charge in [0.25, 0.3) is 0 Å². The number of carbonyl (C=O) groups excluding carboxylic acids is 2. The predicted octanol–water partition coefficient (Wildman–Crippen LogP) is 3.92. The minimum Gasteiger partial charge on any atom is -0.435 e. The fourth-order valence-corrected chi connectivity index (χ4v) is 2.30. The summed E-state index contributed by atoms with van der Waals surface area (Å²) < 4.78 is 28.6. The van der Waals surface area contributed by atoms with Crippen LogP contribution in [0.4, 0.5) is 14.5 Å². The van der Waals surface area contributed by atoms with E-state index in [1.165, 1.54) is 30.0 Å².